The molecule has 1 aromatic carbocycles. The van der Waals surface area contributed by atoms with E-state index < -0.39 is 0 Å². The molecule has 1 aliphatic rings. The average molecular weight is 434 g/mol. The Kier molecular flexibility index (Phi) is 6.20. The third-order valence-corrected chi connectivity index (χ3v) is 5.77. The van der Waals surface area contributed by atoms with Gasteiger partial charge in [-0.15, -0.1) is 0 Å². The summed E-state index contributed by atoms with van der Waals surface area (Å²) in [6.45, 7) is 3.41. The molecule has 0 radical (unpaired) electrons. The highest BCUT2D eigenvalue weighted by Crippen LogP contribution is 2.14. The molecular weight excluding hydrogens is 406 g/mol. The zero-order valence-corrected chi connectivity index (χ0v) is 18.3. The summed E-state index contributed by atoms with van der Waals surface area (Å²) in [7, 11) is 1.76. The molecule has 0 unspecified atom stereocenters. The van der Waals surface area contributed by atoms with Crippen molar-refractivity contribution in [3.05, 3.63) is 87.6 Å². The van der Waals surface area contributed by atoms with E-state index >= 15 is 0 Å². The molecular formula is C24H27N5O3. The number of benzene rings is 1. The third kappa shape index (κ3) is 4.80. The highest BCUT2D eigenvalue weighted by atomic mass is 16.2. The quantitative estimate of drug-likeness (QED) is 0.666. The minimum absolute atomic E-state index is 0.0134. The first kappa shape index (κ1) is 21.5. The highest BCUT2D eigenvalue weighted by Gasteiger charge is 2.26. The second-order valence-corrected chi connectivity index (χ2v) is 8.29. The molecule has 3 heterocycles. The predicted octanol–water partition coefficient (Wildman–Crippen LogP) is 1.97. The number of rotatable bonds is 5. The Bertz CT molecular complexity index is 1190. The van der Waals surface area contributed by atoms with Gasteiger partial charge in [-0.2, -0.15) is 5.10 Å². The van der Waals surface area contributed by atoms with Gasteiger partial charge in [-0.05, 0) is 37.5 Å². The van der Waals surface area contributed by atoms with Crippen molar-refractivity contribution in [1.29, 1.82) is 0 Å². The molecule has 8 nitrogen and oxygen atoms in total. The molecule has 1 saturated heterocycles. The van der Waals surface area contributed by atoms with Gasteiger partial charge in [-0.25, -0.2) is 0 Å². The molecule has 2 amide bonds. The number of aromatic nitrogens is 3. The van der Waals surface area contributed by atoms with Crippen LogP contribution >= 0.6 is 0 Å². The van der Waals surface area contributed by atoms with E-state index in [1.807, 2.05) is 31.2 Å². The summed E-state index contributed by atoms with van der Waals surface area (Å²) in [6, 6.07) is 11.3. The van der Waals surface area contributed by atoms with E-state index in [4.69, 9.17) is 0 Å². The summed E-state index contributed by atoms with van der Waals surface area (Å²) < 4.78 is 3.16. The fraction of sp³-hybridized carbons (Fsp3) is 0.333. The van der Waals surface area contributed by atoms with Crippen LogP contribution in [0.5, 0.6) is 0 Å². The number of hydrogen-bond acceptors (Lipinski definition) is 4. The minimum atomic E-state index is -0.286. The largest absolute Gasteiger partial charge is 0.349 e. The van der Waals surface area contributed by atoms with E-state index in [0.29, 0.717) is 38.0 Å². The average Bonchev–Trinajstić information content (AvgIpc) is 3.22. The molecule has 2 aromatic heterocycles. The first-order valence-corrected chi connectivity index (χ1v) is 10.7. The lowest BCUT2D eigenvalue weighted by atomic mass is 10.0. The Morgan fingerprint density at radius 1 is 1.16 bits per heavy atom. The molecule has 1 aliphatic heterocycles. The maximum atomic E-state index is 13.0. The summed E-state index contributed by atoms with van der Waals surface area (Å²) in [5.74, 6) is -0.421. The summed E-state index contributed by atoms with van der Waals surface area (Å²) in [5.41, 5.74) is 2.55. The van der Waals surface area contributed by atoms with Crippen LogP contribution in [0.2, 0.25) is 0 Å². The number of likely N-dealkylation sites (tertiary alicyclic amines) is 1. The van der Waals surface area contributed by atoms with Gasteiger partial charge >= 0.3 is 0 Å². The van der Waals surface area contributed by atoms with Crippen molar-refractivity contribution in [2.24, 2.45) is 7.05 Å². The van der Waals surface area contributed by atoms with Gasteiger partial charge in [0.2, 0.25) is 0 Å². The topological polar surface area (TPSA) is 89.2 Å². The molecule has 0 bridgehead atoms. The van der Waals surface area contributed by atoms with Crippen molar-refractivity contribution in [2.75, 3.05) is 13.1 Å². The molecule has 4 rings (SSSR count). The van der Waals surface area contributed by atoms with Crippen LogP contribution in [0.15, 0.2) is 59.8 Å². The Balaban J connectivity index is 1.39. The zero-order chi connectivity index (χ0) is 22.7. The van der Waals surface area contributed by atoms with Gasteiger partial charge in [0, 0.05) is 38.6 Å². The molecule has 0 atom stereocenters. The standard InChI is InChI=1S/C24H27N5O3/c1-17-5-3-6-18(13-17)15-29-10-4-7-21(24(29)32)23(31)28-11-8-20(9-12-28)26-22(30)19-14-25-27(2)16-19/h3-7,10,13-14,16,20H,8-9,11-12,15H2,1-2H3,(H,26,30). The van der Waals surface area contributed by atoms with Crippen LogP contribution in [-0.2, 0) is 13.6 Å². The Morgan fingerprint density at radius 2 is 1.94 bits per heavy atom. The number of aryl methyl sites for hydroxylation is 2. The Hall–Kier alpha value is -3.68. The number of pyridine rings is 1. The fourth-order valence-electron chi connectivity index (χ4n) is 4.04. The van der Waals surface area contributed by atoms with Gasteiger partial charge in [0.25, 0.3) is 17.4 Å². The summed E-state index contributed by atoms with van der Waals surface area (Å²) in [4.78, 5) is 40.0. The lowest BCUT2D eigenvalue weighted by Gasteiger charge is -2.32. The van der Waals surface area contributed by atoms with Crippen molar-refractivity contribution in [1.82, 2.24) is 24.6 Å². The number of carbonyl (C=O) groups excluding carboxylic acids is 2. The SMILES string of the molecule is Cc1cccc(Cn2cccc(C(=O)N3CCC(NC(=O)c4cnn(C)c4)CC3)c2=O)c1. The van der Waals surface area contributed by atoms with Crippen LogP contribution in [-0.4, -0.2) is 50.2 Å². The van der Waals surface area contributed by atoms with Crippen LogP contribution in [0.1, 0.15) is 44.7 Å². The number of piperidine rings is 1. The Labute approximate surface area is 186 Å². The molecule has 0 aliphatic carbocycles. The summed E-state index contributed by atoms with van der Waals surface area (Å²) in [5, 5.41) is 7.02. The fourth-order valence-corrected chi connectivity index (χ4v) is 4.04. The van der Waals surface area contributed by atoms with E-state index in [1.165, 1.54) is 6.20 Å². The monoisotopic (exact) mass is 433 g/mol. The van der Waals surface area contributed by atoms with Crippen LogP contribution in [0.3, 0.4) is 0 Å². The van der Waals surface area contributed by atoms with Crippen molar-refractivity contribution < 1.29 is 9.59 Å². The molecule has 0 spiro atoms. The van der Waals surface area contributed by atoms with Gasteiger partial charge < -0.3 is 14.8 Å². The summed E-state index contributed by atoms with van der Waals surface area (Å²) in [6.07, 6.45) is 6.20. The number of nitrogens with one attached hydrogen (secondary N) is 1. The normalized spacial score (nSPS) is 14.4. The van der Waals surface area contributed by atoms with Crippen LogP contribution in [0.25, 0.3) is 0 Å². The molecule has 8 heteroatoms. The van der Waals surface area contributed by atoms with Gasteiger partial charge in [0.05, 0.1) is 18.3 Å². The highest BCUT2D eigenvalue weighted by molar-refractivity contribution is 5.94. The number of hydrogen-bond donors (Lipinski definition) is 1. The van der Waals surface area contributed by atoms with Crippen molar-refractivity contribution in [3.63, 3.8) is 0 Å². The lowest BCUT2D eigenvalue weighted by Crippen LogP contribution is -2.47. The van der Waals surface area contributed by atoms with Gasteiger partial charge in [0.15, 0.2) is 0 Å². The summed E-state index contributed by atoms with van der Waals surface area (Å²) >= 11 is 0. The Morgan fingerprint density at radius 3 is 2.62 bits per heavy atom. The van der Waals surface area contributed by atoms with Gasteiger partial charge in [-0.3, -0.25) is 19.1 Å². The number of carbonyl (C=O) groups is 2. The smallest absolute Gasteiger partial charge is 0.263 e. The maximum absolute atomic E-state index is 13.0. The molecule has 3 aromatic rings. The zero-order valence-electron chi connectivity index (χ0n) is 18.3. The first-order valence-electron chi connectivity index (χ1n) is 10.7. The van der Waals surface area contributed by atoms with E-state index in [2.05, 4.69) is 10.4 Å². The number of amides is 2. The van der Waals surface area contributed by atoms with E-state index in [1.54, 1.807) is 45.7 Å². The van der Waals surface area contributed by atoms with E-state index in [9.17, 15) is 14.4 Å². The van der Waals surface area contributed by atoms with Crippen molar-refractivity contribution >= 4 is 11.8 Å². The van der Waals surface area contributed by atoms with E-state index in [0.717, 1.165) is 11.1 Å². The van der Waals surface area contributed by atoms with Gasteiger partial charge in [-0.1, -0.05) is 29.8 Å². The third-order valence-electron chi connectivity index (χ3n) is 5.77. The minimum Gasteiger partial charge on any atom is -0.349 e. The molecule has 1 fully saturated rings. The van der Waals surface area contributed by atoms with Crippen molar-refractivity contribution in [3.8, 4) is 0 Å². The van der Waals surface area contributed by atoms with E-state index in [-0.39, 0.29) is 29.0 Å². The molecule has 166 valence electrons. The lowest BCUT2D eigenvalue weighted by molar-refractivity contribution is 0.0695. The molecule has 1 N–H and O–H groups in total. The van der Waals surface area contributed by atoms with Gasteiger partial charge in [0.1, 0.15) is 5.56 Å². The van der Waals surface area contributed by atoms with Crippen LogP contribution in [0, 0.1) is 6.92 Å². The molecule has 32 heavy (non-hydrogen) atoms. The maximum Gasteiger partial charge on any atom is 0.263 e. The van der Waals surface area contributed by atoms with Crippen LogP contribution in [0.4, 0.5) is 0 Å². The second-order valence-electron chi connectivity index (χ2n) is 8.29. The van der Waals surface area contributed by atoms with Crippen LogP contribution < -0.4 is 10.9 Å². The predicted molar refractivity (Wildman–Crippen MR) is 121 cm³/mol. The second kappa shape index (κ2) is 9.21. The van der Waals surface area contributed by atoms with Crippen molar-refractivity contribution in [2.45, 2.75) is 32.4 Å². The molecule has 0 saturated carbocycles. The first-order chi connectivity index (χ1) is 15.4. The number of nitrogens with zero attached hydrogens (tertiary/aromatic N) is 4.